The van der Waals surface area contributed by atoms with Crippen LogP contribution in [0.2, 0.25) is 0 Å². The highest BCUT2D eigenvalue weighted by molar-refractivity contribution is 5.45. The molecule has 2 rings (SSSR count). The zero-order valence-electron chi connectivity index (χ0n) is 7.86. The van der Waals surface area contributed by atoms with Gasteiger partial charge in [0, 0.05) is 12.2 Å². The van der Waals surface area contributed by atoms with E-state index in [4.69, 9.17) is 10.00 Å². The summed E-state index contributed by atoms with van der Waals surface area (Å²) in [5.41, 5.74) is 2.14. The van der Waals surface area contributed by atoms with E-state index in [9.17, 15) is 0 Å². The Morgan fingerprint density at radius 2 is 2.14 bits per heavy atom. The Labute approximate surface area is 83.3 Å². The van der Waals surface area contributed by atoms with E-state index in [1.54, 1.807) is 0 Å². The average Bonchev–Trinajstić information content (AvgIpc) is 3.01. The number of anilines is 1. The molecule has 1 aliphatic heterocycles. The minimum Gasteiger partial charge on any atom is -0.382 e. The summed E-state index contributed by atoms with van der Waals surface area (Å²) in [6.45, 7) is 1.75. The Morgan fingerprint density at radius 1 is 1.43 bits per heavy atom. The molecule has 1 unspecified atom stereocenters. The van der Waals surface area contributed by atoms with E-state index in [0.717, 1.165) is 24.4 Å². The first-order valence-electron chi connectivity index (χ1n) is 4.70. The topological polar surface area (TPSA) is 48.4 Å². The van der Waals surface area contributed by atoms with Crippen LogP contribution < -0.4 is 5.32 Å². The lowest BCUT2D eigenvalue weighted by atomic mass is 10.1. The molecule has 0 aliphatic carbocycles. The standard InChI is InChI=1S/C11H12N2O/c12-6-5-9-1-3-10(4-2-9)13-7-11-8-14-11/h1-4,11,13H,5,7-8H2. The van der Waals surface area contributed by atoms with Crippen LogP contribution in [-0.2, 0) is 11.2 Å². The maximum absolute atomic E-state index is 8.49. The molecule has 3 nitrogen and oxygen atoms in total. The van der Waals surface area contributed by atoms with Gasteiger partial charge in [0.1, 0.15) is 0 Å². The van der Waals surface area contributed by atoms with Crippen molar-refractivity contribution in [3.63, 3.8) is 0 Å². The number of epoxide rings is 1. The quantitative estimate of drug-likeness (QED) is 0.729. The van der Waals surface area contributed by atoms with Gasteiger partial charge >= 0.3 is 0 Å². The fourth-order valence-electron chi connectivity index (χ4n) is 1.25. The zero-order valence-corrected chi connectivity index (χ0v) is 7.86. The van der Waals surface area contributed by atoms with Gasteiger partial charge in [-0.25, -0.2) is 0 Å². The van der Waals surface area contributed by atoms with Crippen molar-refractivity contribution in [1.29, 1.82) is 5.26 Å². The third kappa shape index (κ3) is 2.48. The summed E-state index contributed by atoms with van der Waals surface area (Å²) in [4.78, 5) is 0. The van der Waals surface area contributed by atoms with E-state index in [2.05, 4.69) is 11.4 Å². The molecule has 1 fully saturated rings. The van der Waals surface area contributed by atoms with E-state index in [1.165, 1.54) is 0 Å². The lowest BCUT2D eigenvalue weighted by molar-refractivity contribution is 0.417. The van der Waals surface area contributed by atoms with Crippen LogP contribution >= 0.6 is 0 Å². The molecule has 0 amide bonds. The molecule has 1 atom stereocenters. The molecule has 1 aromatic carbocycles. The van der Waals surface area contributed by atoms with Crippen molar-refractivity contribution >= 4 is 5.69 Å². The third-order valence-corrected chi connectivity index (χ3v) is 2.17. The number of nitrogens with one attached hydrogen (secondary N) is 1. The molecule has 3 heteroatoms. The number of hydrogen-bond acceptors (Lipinski definition) is 3. The molecule has 0 bridgehead atoms. The molecular weight excluding hydrogens is 176 g/mol. The Kier molecular flexibility index (Phi) is 2.66. The number of rotatable bonds is 4. The first kappa shape index (κ1) is 9.04. The third-order valence-electron chi connectivity index (χ3n) is 2.17. The van der Waals surface area contributed by atoms with Crippen LogP contribution in [0.4, 0.5) is 5.69 Å². The Bertz CT molecular complexity index is 335. The van der Waals surface area contributed by atoms with Crippen molar-refractivity contribution in [1.82, 2.24) is 0 Å². The SMILES string of the molecule is N#CCc1ccc(NCC2CO2)cc1. The predicted molar refractivity (Wildman–Crippen MR) is 54.0 cm³/mol. The minimum absolute atomic E-state index is 0.397. The van der Waals surface area contributed by atoms with Crippen molar-refractivity contribution < 1.29 is 4.74 Å². The fourth-order valence-corrected chi connectivity index (χ4v) is 1.25. The minimum atomic E-state index is 0.397. The van der Waals surface area contributed by atoms with Crippen molar-refractivity contribution in [2.75, 3.05) is 18.5 Å². The van der Waals surface area contributed by atoms with E-state index in [-0.39, 0.29) is 0 Å². The molecule has 14 heavy (non-hydrogen) atoms. The van der Waals surface area contributed by atoms with Gasteiger partial charge in [-0.1, -0.05) is 12.1 Å². The molecule has 1 saturated heterocycles. The normalized spacial score (nSPS) is 18.6. The Morgan fingerprint density at radius 3 is 2.71 bits per heavy atom. The lowest BCUT2D eigenvalue weighted by Crippen LogP contribution is -2.07. The number of nitriles is 1. The highest BCUT2D eigenvalue weighted by atomic mass is 16.6. The predicted octanol–water partition coefficient (Wildman–Crippen LogP) is 1.56. The van der Waals surface area contributed by atoms with Gasteiger partial charge in [0.2, 0.25) is 0 Å². The van der Waals surface area contributed by atoms with Crippen LogP contribution in [0.3, 0.4) is 0 Å². The molecule has 0 saturated carbocycles. The smallest absolute Gasteiger partial charge is 0.0981 e. The summed E-state index contributed by atoms with van der Waals surface area (Å²) in [7, 11) is 0. The van der Waals surface area contributed by atoms with Crippen LogP contribution in [0.25, 0.3) is 0 Å². The second-order valence-corrected chi connectivity index (χ2v) is 3.37. The molecule has 0 aromatic heterocycles. The summed E-state index contributed by atoms with van der Waals surface area (Å²) in [6, 6.07) is 10.1. The Balaban J connectivity index is 1.88. The second kappa shape index (κ2) is 4.12. The molecule has 72 valence electrons. The Hall–Kier alpha value is -1.53. The summed E-state index contributed by atoms with van der Waals surface area (Å²) >= 11 is 0. The second-order valence-electron chi connectivity index (χ2n) is 3.37. The summed E-state index contributed by atoms with van der Waals surface area (Å²) in [5.74, 6) is 0. The van der Waals surface area contributed by atoms with E-state index >= 15 is 0 Å². The van der Waals surface area contributed by atoms with Gasteiger partial charge in [-0.2, -0.15) is 5.26 Å². The van der Waals surface area contributed by atoms with Crippen molar-refractivity contribution in [2.45, 2.75) is 12.5 Å². The van der Waals surface area contributed by atoms with Gasteiger partial charge in [-0.3, -0.25) is 0 Å². The van der Waals surface area contributed by atoms with Gasteiger partial charge < -0.3 is 10.1 Å². The highest BCUT2D eigenvalue weighted by Gasteiger charge is 2.21. The molecule has 1 aromatic rings. The number of ether oxygens (including phenoxy) is 1. The van der Waals surface area contributed by atoms with Gasteiger partial charge in [0.15, 0.2) is 0 Å². The summed E-state index contributed by atoms with van der Waals surface area (Å²) < 4.78 is 5.09. The van der Waals surface area contributed by atoms with Crippen LogP contribution in [0, 0.1) is 11.3 Å². The van der Waals surface area contributed by atoms with E-state index < -0.39 is 0 Å². The van der Waals surface area contributed by atoms with Crippen molar-refractivity contribution in [3.8, 4) is 6.07 Å². The van der Waals surface area contributed by atoms with Crippen LogP contribution in [0.1, 0.15) is 5.56 Å². The number of nitrogens with zero attached hydrogens (tertiary/aromatic N) is 1. The highest BCUT2D eigenvalue weighted by Crippen LogP contribution is 2.13. The summed E-state index contributed by atoms with van der Waals surface area (Å²) in [6.07, 6.45) is 0.875. The molecule has 1 heterocycles. The fraction of sp³-hybridized carbons (Fsp3) is 0.364. The van der Waals surface area contributed by atoms with Gasteiger partial charge in [0.25, 0.3) is 0 Å². The van der Waals surface area contributed by atoms with Crippen LogP contribution in [-0.4, -0.2) is 19.3 Å². The maximum atomic E-state index is 8.49. The monoisotopic (exact) mass is 188 g/mol. The van der Waals surface area contributed by atoms with Crippen molar-refractivity contribution in [2.24, 2.45) is 0 Å². The van der Waals surface area contributed by atoms with E-state index in [0.29, 0.717) is 12.5 Å². The average molecular weight is 188 g/mol. The van der Waals surface area contributed by atoms with Crippen LogP contribution in [0.5, 0.6) is 0 Å². The molecule has 1 aliphatic rings. The largest absolute Gasteiger partial charge is 0.382 e. The van der Waals surface area contributed by atoms with Crippen LogP contribution in [0.15, 0.2) is 24.3 Å². The number of hydrogen-bond donors (Lipinski definition) is 1. The first-order valence-corrected chi connectivity index (χ1v) is 4.70. The van der Waals surface area contributed by atoms with Gasteiger partial charge in [-0.05, 0) is 17.7 Å². The maximum Gasteiger partial charge on any atom is 0.0981 e. The van der Waals surface area contributed by atoms with Crippen molar-refractivity contribution in [3.05, 3.63) is 29.8 Å². The number of benzene rings is 1. The lowest BCUT2D eigenvalue weighted by Gasteiger charge is -2.04. The van der Waals surface area contributed by atoms with Gasteiger partial charge in [-0.15, -0.1) is 0 Å². The molecule has 0 radical (unpaired) electrons. The molecule has 0 spiro atoms. The zero-order chi connectivity index (χ0) is 9.80. The molecule has 1 N–H and O–H groups in total. The van der Waals surface area contributed by atoms with E-state index in [1.807, 2.05) is 24.3 Å². The summed E-state index contributed by atoms with van der Waals surface area (Å²) in [5, 5.41) is 11.8. The molecular formula is C11H12N2O. The van der Waals surface area contributed by atoms with Gasteiger partial charge in [0.05, 0.1) is 25.2 Å². The first-order chi connectivity index (χ1) is 6.88.